The van der Waals surface area contributed by atoms with Crippen molar-refractivity contribution in [2.45, 2.75) is 56.8 Å². The summed E-state index contributed by atoms with van der Waals surface area (Å²) in [5, 5.41) is 0. The number of ether oxygens (including phenoxy) is 1. The van der Waals surface area contributed by atoms with Crippen molar-refractivity contribution in [3.05, 3.63) is 35.6 Å². The number of piperidine rings is 1. The fraction of sp³-hybridized carbons (Fsp3) is 0.650. The maximum atomic E-state index is 13.8. The standard InChI is InChI=1S/C20H27FN2O2.ClH/c1-15-19(24)23(17-6-7-17)14-20(25-15)9-12-22(13-10-20)11-8-16-4-2-3-5-18(16)21;/h2-5,15,17H,6-14H2,1H3;1H/t15-;/m1./s1. The van der Waals surface area contributed by atoms with Gasteiger partial charge in [0.15, 0.2) is 0 Å². The molecular weight excluding hydrogens is 355 g/mol. The molecule has 2 saturated heterocycles. The Kier molecular flexibility index (Phi) is 5.90. The molecule has 144 valence electrons. The third kappa shape index (κ3) is 4.05. The van der Waals surface area contributed by atoms with Gasteiger partial charge in [0, 0.05) is 25.7 Å². The molecule has 1 spiro atoms. The van der Waals surface area contributed by atoms with Gasteiger partial charge < -0.3 is 14.5 Å². The van der Waals surface area contributed by atoms with Crippen molar-refractivity contribution in [3.8, 4) is 0 Å². The summed E-state index contributed by atoms with van der Waals surface area (Å²) in [4.78, 5) is 16.8. The monoisotopic (exact) mass is 382 g/mol. The number of likely N-dealkylation sites (tertiary alicyclic amines) is 1. The number of hydrogen-bond acceptors (Lipinski definition) is 3. The zero-order chi connectivity index (χ0) is 17.4. The fourth-order valence-corrected chi connectivity index (χ4v) is 4.22. The van der Waals surface area contributed by atoms with Crippen LogP contribution >= 0.6 is 12.4 Å². The van der Waals surface area contributed by atoms with Gasteiger partial charge in [-0.05, 0) is 50.7 Å². The minimum Gasteiger partial charge on any atom is -0.360 e. The highest BCUT2D eigenvalue weighted by atomic mass is 35.5. The molecule has 26 heavy (non-hydrogen) atoms. The van der Waals surface area contributed by atoms with Crippen LogP contribution in [-0.4, -0.2) is 59.6 Å². The van der Waals surface area contributed by atoms with Gasteiger partial charge >= 0.3 is 0 Å². The van der Waals surface area contributed by atoms with Gasteiger partial charge in [-0.25, -0.2) is 4.39 Å². The Bertz CT molecular complexity index is 644. The smallest absolute Gasteiger partial charge is 0.251 e. The van der Waals surface area contributed by atoms with E-state index in [1.165, 1.54) is 6.07 Å². The summed E-state index contributed by atoms with van der Waals surface area (Å²) in [6.45, 7) is 5.42. The van der Waals surface area contributed by atoms with E-state index in [0.29, 0.717) is 6.04 Å². The van der Waals surface area contributed by atoms with Crippen molar-refractivity contribution in [1.82, 2.24) is 9.80 Å². The molecule has 0 unspecified atom stereocenters. The van der Waals surface area contributed by atoms with Gasteiger partial charge in [-0.2, -0.15) is 0 Å². The number of carbonyl (C=O) groups is 1. The number of amides is 1. The van der Waals surface area contributed by atoms with Crippen molar-refractivity contribution in [2.24, 2.45) is 0 Å². The van der Waals surface area contributed by atoms with Crippen molar-refractivity contribution in [1.29, 1.82) is 0 Å². The molecule has 1 aromatic carbocycles. The maximum Gasteiger partial charge on any atom is 0.251 e. The number of halogens is 2. The van der Waals surface area contributed by atoms with Crippen molar-refractivity contribution in [3.63, 3.8) is 0 Å². The number of benzene rings is 1. The zero-order valence-electron chi connectivity index (χ0n) is 15.3. The molecule has 0 N–H and O–H groups in total. The molecule has 4 rings (SSSR count). The summed E-state index contributed by atoms with van der Waals surface area (Å²) in [6.07, 6.45) is 4.60. The van der Waals surface area contributed by atoms with E-state index >= 15 is 0 Å². The molecule has 0 bridgehead atoms. The van der Waals surface area contributed by atoms with Crippen LogP contribution in [0.25, 0.3) is 0 Å². The van der Waals surface area contributed by atoms with Crippen LogP contribution in [0.2, 0.25) is 0 Å². The van der Waals surface area contributed by atoms with E-state index in [9.17, 15) is 9.18 Å². The molecular formula is C20H28ClFN2O2. The number of morpholine rings is 1. The van der Waals surface area contributed by atoms with Gasteiger partial charge in [-0.1, -0.05) is 18.2 Å². The van der Waals surface area contributed by atoms with E-state index in [0.717, 1.165) is 63.8 Å². The highest BCUT2D eigenvalue weighted by Crippen LogP contribution is 2.38. The van der Waals surface area contributed by atoms with Gasteiger partial charge in [-0.3, -0.25) is 4.79 Å². The summed E-state index contributed by atoms with van der Waals surface area (Å²) in [7, 11) is 0. The second kappa shape index (κ2) is 7.83. The van der Waals surface area contributed by atoms with Crippen LogP contribution in [0, 0.1) is 5.82 Å². The van der Waals surface area contributed by atoms with E-state index in [2.05, 4.69) is 9.80 Å². The molecule has 1 atom stereocenters. The molecule has 0 aromatic heterocycles. The Morgan fingerprint density at radius 2 is 1.92 bits per heavy atom. The zero-order valence-corrected chi connectivity index (χ0v) is 16.1. The van der Waals surface area contributed by atoms with Crippen molar-refractivity contribution >= 4 is 18.3 Å². The van der Waals surface area contributed by atoms with Gasteiger partial charge in [0.1, 0.15) is 11.9 Å². The van der Waals surface area contributed by atoms with E-state index < -0.39 is 0 Å². The molecule has 6 heteroatoms. The molecule has 4 nitrogen and oxygen atoms in total. The minimum absolute atomic E-state index is 0. The van der Waals surface area contributed by atoms with E-state index in [-0.39, 0.29) is 35.8 Å². The van der Waals surface area contributed by atoms with Crippen LogP contribution in [0.5, 0.6) is 0 Å². The lowest BCUT2D eigenvalue weighted by molar-refractivity contribution is -0.190. The quantitative estimate of drug-likeness (QED) is 0.802. The normalized spacial score (nSPS) is 26.0. The van der Waals surface area contributed by atoms with E-state index in [4.69, 9.17) is 4.74 Å². The highest BCUT2D eigenvalue weighted by molar-refractivity contribution is 5.85. The first-order valence-corrected chi connectivity index (χ1v) is 9.50. The summed E-state index contributed by atoms with van der Waals surface area (Å²) in [6, 6.07) is 7.48. The average molecular weight is 383 g/mol. The second-order valence-electron chi connectivity index (χ2n) is 7.82. The Balaban J connectivity index is 0.00000196. The predicted octanol–water partition coefficient (Wildman–Crippen LogP) is 3.03. The van der Waals surface area contributed by atoms with Crippen LogP contribution in [0.4, 0.5) is 4.39 Å². The SMILES string of the molecule is C[C@H]1OC2(CCN(CCc3ccccc3F)CC2)CN(C2CC2)C1=O.Cl. The molecule has 3 aliphatic rings. The molecule has 2 aliphatic heterocycles. The lowest BCUT2D eigenvalue weighted by Crippen LogP contribution is -2.61. The van der Waals surface area contributed by atoms with Crippen LogP contribution in [-0.2, 0) is 16.0 Å². The van der Waals surface area contributed by atoms with E-state index in [1.54, 1.807) is 6.07 Å². The van der Waals surface area contributed by atoms with Crippen molar-refractivity contribution < 1.29 is 13.9 Å². The first kappa shape index (κ1) is 19.6. The fourth-order valence-electron chi connectivity index (χ4n) is 4.22. The van der Waals surface area contributed by atoms with Gasteiger partial charge in [0.2, 0.25) is 0 Å². The lowest BCUT2D eigenvalue weighted by atomic mass is 9.88. The largest absolute Gasteiger partial charge is 0.360 e. The molecule has 3 fully saturated rings. The second-order valence-corrected chi connectivity index (χ2v) is 7.82. The summed E-state index contributed by atoms with van der Waals surface area (Å²) in [5.41, 5.74) is 0.612. The topological polar surface area (TPSA) is 32.8 Å². The summed E-state index contributed by atoms with van der Waals surface area (Å²) < 4.78 is 19.9. The third-order valence-corrected chi connectivity index (χ3v) is 5.93. The Labute approximate surface area is 161 Å². The Morgan fingerprint density at radius 1 is 1.23 bits per heavy atom. The number of nitrogens with zero attached hydrogens (tertiary/aromatic N) is 2. The summed E-state index contributed by atoms with van der Waals surface area (Å²) >= 11 is 0. The molecule has 2 heterocycles. The highest BCUT2D eigenvalue weighted by Gasteiger charge is 2.48. The van der Waals surface area contributed by atoms with Gasteiger partial charge in [0.05, 0.1) is 12.1 Å². The van der Waals surface area contributed by atoms with E-state index in [1.807, 2.05) is 19.1 Å². The van der Waals surface area contributed by atoms with Crippen LogP contribution < -0.4 is 0 Å². The minimum atomic E-state index is -0.320. The molecule has 1 saturated carbocycles. The number of hydrogen-bond donors (Lipinski definition) is 0. The first-order chi connectivity index (χ1) is 12.1. The predicted molar refractivity (Wildman–Crippen MR) is 101 cm³/mol. The van der Waals surface area contributed by atoms with Crippen LogP contribution in [0.3, 0.4) is 0 Å². The van der Waals surface area contributed by atoms with Crippen LogP contribution in [0.15, 0.2) is 24.3 Å². The number of carbonyl (C=O) groups excluding carboxylic acids is 1. The Morgan fingerprint density at radius 3 is 2.58 bits per heavy atom. The maximum absolute atomic E-state index is 13.8. The van der Waals surface area contributed by atoms with Gasteiger partial charge in [-0.15, -0.1) is 12.4 Å². The number of rotatable bonds is 4. The van der Waals surface area contributed by atoms with Crippen LogP contribution in [0.1, 0.15) is 38.2 Å². The molecule has 1 aromatic rings. The average Bonchev–Trinajstić information content (AvgIpc) is 3.44. The third-order valence-electron chi connectivity index (χ3n) is 5.93. The Hall–Kier alpha value is -1.17. The molecule has 1 amide bonds. The molecule has 0 radical (unpaired) electrons. The molecule has 1 aliphatic carbocycles. The lowest BCUT2D eigenvalue weighted by Gasteiger charge is -2.49. The first-order valence-electron chi connectivity index (χ1n) is 9.50. The van der Waals surface area contributed by atoms with Gasteiger partial charge in [0.25, 0.3) is 5.91 Å². The summed E-state index contributed by atoms with van der Waals surface area (Å²) in [5.74, 6) is 0.0501. The van der Waals surface area contributed by atoms with Crippen molar-refractivity contribution in [2.75, 3.05) is 26.2 Å².